The lowest BCUT2D eigenvalue weighted by molar-refractivity contribution is 0.102. The van der Waals surface area contributed by atoms with Crippen LogP contribution < -0.4 is 14.4 Å². The highest BCUT2D eigenvalue weighted by Crippen LogP contribution is 2.26. The molecule has 0 bridgehead atoms. The molecular weight excluding hydrogens is 388 g/mol. The molecule has 29 heavy (non-hydrogen) atoms. The van der Waals surface area contributed by atoms with E-state index in [9.17, 15) is 13.2 Å². The van der Waals surface area contributed by atoms with Crippen molar-refractivity contribution in [1.82, 2.24) is 0 Å². The third-order valence-corrected chi connectivity index (χ3v) is 6.10. The van der Waals surface area contributed by atoms with Crippen LogP contribution in [0.2, 0.25) is 0 Å². The maximum Gasteiger partial charge on any atom is 0.264 e. The van der Waals surface area contributed by atoms with Crippen LogP contribution in [-0.2, 0) is 10.0 Å². The van der Waals surface area contributed by atoms with Crippen molar-refractivity contribution in [2.24, 2.45) is 0 Å². The van der Waals surface area contributed by atoms with Crippen LogP contribution in [0.1, 0.15) is 17.3 Å². The smallest absolute Gasteiger partial charge is 0.264 e. The average Bonchev–Trinajstić information content (AvgIpc) is 2.75. The summed E-state index contributed by atoms with van der Waals surface area (Å²) in [7, 11) is -2.36. The van der Waals surface area contributed by atoms with E-state index in [2.05, 4.69) is 5.32 Å². The fraction of sp³-hybridized carbons (Fsp3) is 0.136. The van der Waals surface area contributed by atoms with Gasteiger partial charge in [0.2, 0.25) is 0 Å². The zero-order chi connectivity index (χ0) is 20.9. The van der Waals surface area contributed by atoms with Gasteiger partial charge < -0.3 is 10.1 Å². The third-order valence-electron chi connectivity index (χ3n) is 4.31. The van der Waals surface area contributed by atoms with E-state index in [0.717, 1.165) is 4.31 Å². The molecule has 0 saturated heterocycles. The molecule has 7 heteroatoms. The van der Waals surface area contributed by atoms with Gasteiger partial charge in [0.25, 0.3) is 15.9 Å². The molecule has 0 aliphatic carbocycles. The highest BCUT2D eigenvalue weighted by molar-refractivity contribution is 7.92. The number of rotatable bonds is 7. The number of carbonyl (C=O) groups is 1. The molecular formula is C22H22N2O4S. The van der Waals surface area contributed by atoms with Crippen molar-refractivity contribution in [2.45, 2.75) is 11.8 Å². The molecule has 0 atom stereocenters. The van der Waals surface area contributed by atoms with E-state index in [1.807, 2.05) is 6.92 Å². The van der Waals surface area contributed by atoms with Gasteiger partial charge in [-0.05, 0) is 55.5 Å². The van der Waals surface area contributed by atoms with Crippen LogP contribution in [0.25, 0.3) is 0 Å². The summed E-state index contributed by atoms with van der Waals surface area (Å²) in [6.07, 6.45) is 0. The zero-order valence-electron chi connectivity index (χ0n) is 16.2. The maximum absolute atomic E-state index is 12.9. The van der Waals surface area contributed by atoms with Gasteiger partial charge in [-0.3, -0.25) is 9.10 Å². The van der Waals surface area contributed by atoms with Gasteiger partial charge in [0.15, 0.2) is 0 Å². The molecule has 150 valence electrons. The lowest BCUT2D eigenvalue weighted by Gasteiger charge is -2.22. The molecule has 0 aliphatic heterocycles. The number of hydrogen-bond donors (Lipinski definition) is 1. The van der Waals surface area contributed by atoms with Crippen LogP contribution in [0, 0.1) is 0 Å². The van der Waals surface area contributed by atoms with Crippen molar-refractivity contribution in [3.8, 4) is 5.75 Å². The summed E-state index contributed by atoms with van der Waals surface area (Å²) in [4.78, 5) is 13.0. The molecule has 0 fully saturated rings. The minimum atomic E-state index is -3.80. The summed E-state index contributed by atoms with van der Waals surface area (Å²) >= 11 is 0. The van der Waals surface area contributed by atoms with E-state index in [0.29, 0.717) is 23.7 Å². The lowest BCUT2D eigenvalue weighted by atomic mass is 10.1. The van der Waals surface area contributed by atoms with Gasteiger partial charge in [-0.15, -0.1) is 0 Å². The number of hydrogen-bond acceptors (Lipinski definition) is 4. The Kier molecular flexibility index (Phi) is 6.19. The molecule has 3 rings (SSSR count). The highest BCUT2D eigenvalue weighted by atomic mass is 32.2. The number of amides is 1. The largest absolute Gasteiger partial charge is 0.494 e. The van der Waals surface area contributed by atoms with Crippen LogP contribution in [0.3, 0.4) is 0 Å². The topological polar surface area (TPSA) is 75.7 Å². The summed E-state index contributed by atoms with van der Waals surface area (Å²) < 4.78 is 32.4. The number of ether oxygens (including phenoxy) is 1. The second-order valence-electron chi connectivity index (χ2n) is 6.21. The van der Waals surface area contributed by atoms with Crippen LogP contribution in [0.15, 0.2) is 83.8 Å². The molecule has 0 radical (unpaired) electrons. The standard InChI is InChI=1S/C22H22N2O4S/c1-3-28-18-15-13-17(14-16-18)23-22(25)20-11-7-8-12-21(20)24(2)29(26,27)19-9-5-4-6-10-19/h4-16H,3H2,1-2H3,(H,23,25). The van der Waals surface area contributed by atoms with Gasteiger partial charge in [-0.1, -0.05) is 30.3 Å². The summed E-state index contributed by atoms with van der Waals surface area (Å²) in [6.45, 7) is 2.45. The number of nitrogens with zero attached hydrogens (tertiary/aromatic N) is 1. The first-order chi connectivity index (χ1) is 13.9. The van der Waals surface area contributed by atoms with E-state index in [1.54, 1.807) is 66.7 Å². The zero-order valence-corrected chi connectivity index (χ0v) is 17.0. The molecule has 3 aromatic carbocycles. The Hall–Kier alpha value is -3.32. The Morgan fingerprint density at radius 1 is 0.931 bits per heavy atom. The first kappa shape index (κ1) is 20.4. The van der Waals surface area contributed by atoms with Crippen LogP contribution in [-0.4, -0.2) is 28.0 Å². The first-order valence-corrected chi connectivity index (χ1v) is 10.5. The van der Waals surface area contributed by atoms with Gasteiger partial charge in [0, 0.05) is 12.7 Å². The Balaban J connectivity index is 1.87. The number of carbonyl (C=O) groups excluding carboxylic acids is 1. The minimum absolute atomic E-state index is 0.157. The van der Waals surface area contributed by atoms with Crippen LogP contribution >= 0.6 is 0 Å². The van der Waals surface area contributed by atoms with Gasteiger partial charge in [-0.25, -0.2) is 8.42 Å². The second kappa shape index (κ2) is 8.79. The number of anilines is 2. The molecule has 0 heterocycles. The molecule has 0 spiro atoms. The van der Waals surface area contributed by atoms with E-state index in [1.165, 1.54) is 19.2 Å². The molecule has 0 saturated carbocycles. The predicted octanol–water partition coefficient (Wildman–Crippen LogP) is 4.16. The Bertz CT molecular complexity index is 1080. The molecule has 0 aliphatic rings. The third kappa shape index (κ3) is 4.57. The van der Waals surface area contributed by atoms with E-state index < -0.39 is 15.9 Å². The lowest BCUT2D eigenvalue weighted by Crippen LogP contribution is -2.29. The molecule has 3 aromatic rings. The van der Waals surface area contributed by atoms with E-state index >= 15 is 0 Å². The number of para-hydroxylation sites is 1. The molecule has 1 N–H and O–H groups in total. The minimum Gasteiger partial charge on any atom is -0.494 e. The number of nitrogens with one attached hydrogen (secondary N) is 1. The van der Waals surface area contributed by atoms with Crippen molar-refractivity contribution >= 4 is 27.3 Å². The first-order valence-electron chi connectivity index (χ1n) is 9.10. The Labute approximate surface area is 170 Å². The van der Waals surface area contributed by atoms with Gasteiger partial charge in [-0.2, -0.15) is 0 Å². The van der Waals surface area contributed by atoms with Crippen molar-refractivity contribution < 1.29 is 17.9 Å². The number of benzene rings is 3. The Morgan fingerprint density at radius 3 is 2.21 bits per heavy atom. The van der Waals surface area contributed by atoms with E-state index in [-0.39, 0.29) is 10.5 Å². The van der Waals surface area contributed by atoms with Crippen LogP contribution in [0.4, 0.5) is 11.4 Å². The maximum atomic E-state index is 12.9. The Morgan fingerprint density at radius 2 is 1.55 bits per heavy atom. The van der Waals surface area contributed by atoms with Crippen LogP contribution in [0.5, 0.6) is 5.75 Å². The van der Waals surface area contributed by atoms with Crippen molar-refractivity contribution in [1.29, 1.82) is 0 Å². The predicted molar refractivity (Wildman–Crippen MR) is 114 cm³/mol. The SMILES string of the molecule is CCOc1ccc(NC(=O)c2ccccc2N(C)S(=O)(=O)c2ccccc2)cc1. The quantitative estimate of drug-likeness (QED) is 0.635. The summed E-state index contributed by atoms with van der Waals surface area (Å²) in [5, 5.41) is 2.80. The average molecular weight is 410 g/mol. The van der Waals surface area contributed by atoms with Gasteiger partial charge >= 0.3 is 0 Å². The monoisotopic (exact) mass is 410 g/mol. The molecule has 0 unspecified atom stereocenters. The van der Waals surface area contributed by atoms with Gasteiger partial charge in [0.05, 0.1) is 22.8 Å². The summed E-state index contributed by atoms with van der Waals surface area (Å²) in [5.41, 5.74) is 1.13. The highest BCUT2D eigenvalue weighted by Gasteiger charge is 2.24. The summed E-state index contributed by atoms with van der Waals surface area (Å²) in [5.74, 6) is 0.305. The van der Waals surface area contributed by atoms with Crippen molar-refractivity contribution in [3.05, 3.63) is 84.4 Å². The molecule has 1 amide bonds. The van der Waals surface area contributed by atoms with Crippen molar-refractivity contribution in [2.75, 3.05) is 23.3 Å². The summed E-state index contributed by atoms with van der Waals surface area (Å²) in [6, 6.07) is 21.7. The van der Waals surface area contributed by atoms with Crippen molar-refractivity contribution in [3.63, 3.8) is 0 Å². The fourth-order valence-corrected chi connectivity index (χ4v) is 4.06. The van der Waals surface area contributed by atoms with E-state index in [4.69, 9.17) is 4.74 Å². The normalized spacial score (nSPS) is 11.0. The number of sulfonamides is 1. The molecule has 0 aromatic heterocycles. The van der Waals surface area contributed by atoms with Gasteiger partial charge in [0.1, 0.15) is 5.75 Å². The molecule has 6 nitrogen and oxygen atoms in total. The fourth-order valence-electron chi connectivity index (χ4n) is 2.82. The second-order valence-corrected chi connectivity index (χ2v) is 8.18.